The molecule has 0 amide bonds. The number of methoxy groups -OCH3 is 1. The van der Waals surface area contributed by atoms with Gasteiger partial charge in [-0.3, -0.25) is 0 Å². The molecule has 0 radical (unpaired) electrons. The largest absolute Gasteiger partial charge is 0.465 e. The highest BCUT2D eigenvalue weighted by atomic mass is 32.1. The Balaban J connectivity index is 2.39. The van der Waals surface area contributed by atoms with E-state index in [1.54, 1.807) is 0 Å². The number of nitrogens with zero attached hydrogens (tertiary/aromatic N) is 2. The number of nitrogen functional groups attached to an aromatic ring is 1. The van der Waals surface area contributed by atoms with Crippen LogP contribution in [0.4, 0.5) is 10.7 Å². The highest BCUT2D eigenvalue weighted by Gasteiger charge is 2.29. The molecule has 0 bridgehead atoms. The van der Waals surface area contributed by atoms with Gasteiger partial charge in [0.1, 0.15) is 21.5 Å². The van der Waals surface area contributed by atoms with Crippen LogP contribution in [0.15, 0.2) is 0 Å². The summed E-state index contributed by atoms with van der Waals surface area (Å²) < 4.78 is 4.83. The molecule has 6 heteroatoms. The first-order chi connectivity index (χ1) is 9.89. The van der Waals surface area contributed by atoms with Gasteiger partial charge in [-0.15, -0.1) is 11.3 Å². The van der Waals surface area contributed by atoms with Crippen molar-refractivity contribution in [2.24, 2.45) is 5.41 Å². The Morgan fingerprint density at radius 2 is 2.14 bits per heavy atom. The average molecular weight is 307 g/mol. The fourth-order valence-electron chi connectivity index (χ4n) is 2.66. The summed E-state index contributed by atoms with van der Waals surface area (Å²) in [6, 6.07) is 2.07. The maximum absolute atomic E-state index is 12.0. The van der Waals surface area contributed by atoms with Crippen molar-refractivity contribution in [3.05, 3.63) is 10.4 Å². The third-order valence-corrected chi connectivity index (χ3v) is 5.22. The van der Waals surface area contributed by atoms with Gasteiger partial charge < -0.3 is 15.4 Å². The molecule has 0 saturated carbocycles. The minimum atomic E-state index is -0.469. The van der Waals surface area contributed by atoms with E-state index < -0.39 is 5.97 Å². The van der Waals surface area contributed by atoms with Crippen LogP contribution in [0.5, 0.6) is 0 Å². The van der Waals surface area contributed by atoms with E-state index in [4.69, 9.17) is 15.7 Å². The van der Waals surface area contributed by atoms with E-state index in [1.165, 1.54) is 18.4 Å². The number of esters is 1. The summed E-state index contributed by atoms with van der Waals surface area (Å²) in [5, 5.41) is 9.93. The van der Waals surface area contributed by atoms with Gasteiger partial charge in [-0.1, -0.05) is 13.8 Å². The van der Waals surface area contributed by atoms with Gasteiger partial charge in [0.25, 0.3) is 0 Å². The Labute approximate surface area is 129 Å². The summed E-state index contributed by atoms with van der Waals surface area (Å²) >= 11 is 1.28. The summed E-state index contributed by atoms with van der Waals surface area (Å²) in [6.07, 6.45) is 3.27. The predicted molar refractivity (Wildman–Crippen MR) is 84.6 cm³/mol. The van der Waals surface area contributed by atoms with E-state index >= 15 is 0 Å². The Kier molecular flexibility index (Phi) is 4.43. The van der Waals surface area contributed by atoms with Crippen molar-refractivity contribution in [1.82, 2.24) is 0 Å². The second kappa shape index (κ2) is 5.94. The van der Waals surface area contributed by atoms with Crippen LogP contribution in [0, 0.1) is 16.7 Å². The van der Waals surface area contributed by atoms with Crippen LogP contribution < -0.4 is 10.6 Å². The molecule has 0 aromatic carbocycles. The van der Waals surface area contributed by atoms with E-state index in [-0.39, 0.29) is 5.69 Å². The molecular weight excluding hydrogens is 286 g/mol. The molecule has 2 heterocycles. The number of nitrogens with two attached hydrogens (primary N) is 1. The number of hydrogen-bond donors (Lipinski definition) is 1. The SMILES string of the molecule is COC(=O)c1c(N2CCCC(C)(C)CC2)sc(C#N)c1N. The number of anilines is 2. The lowest BCUT2D eigenvalue weighted by atomic mass is 9.85. The van der Waals surface area contributed by atoms with Crippen LogP contribution in [-0.2, 0) is 4.74 Å². The first-order valence-electron chi connectivity index (χ1n) is 7.05. The van der Waals surface area contributed by atoms with Gasteiger partial charge in [0, 0.05) is 13.1 Å². The molecule has 1 fully saturated rings. The van der Waals surface area contributed by atoms with Crippen molar-refractivity contribution in [3.63, 3.8) is 0 Å². The lowest BCUT2D eigenvalue weighted by molar-refractivity contribution is 0.0603. The topological polar surface area (TPSA) is 79.3 Å². The van der Waals surface area contributed by atoms with E-state index in [2.05, 4.69) is 24.8 Å². The summed E-state index contributed by atoms with van der Waals surface area (Å²) in [6.45, 7) is 6.27. The highest BCUT2D eigenvalue weighted by molar-refractivity contribution is 7.17. The molecule has 0 spiro atoms. The molecule has 5 nitrogen and oxygen atoms in total. The minimum Gasteiger partial charge on any atom is -0.465 e. The molecule has 2 rings (SSSR count). The van der Waals surface area contributed by atoms with Gasteiger partial charge in [0.15, 0.2) is 0 Å². The van der Waals surface area contributed by atoms with Gasteiger partial charge in [0.05, 0.1) is 12.8 Å². The van der Waals surface area contributed by atoms with E-state index in [9.17, 15) is 4.79 Å². The summed E-state index contributed by atoms with van der Waals surface area (Å²) in [7, 11) is 1.33. The zero-order chi connectivity index (χ0) is 15.6. The lowest BCUT2D eigenvalue weighted by Gasteiger charge is -2.24. The number of carbonyl (C=O) groups is 1. The summed E-state index contributed by atoms with van der Waals surface area (Å²) in [5.74, 6) is -0.469. The molecule has 21 heavy (non-hydrogen) atoms. The van der Waals surface area contributed by atoms with Crippen molar-refractivity contribution < 1.29 is 9.53 Å². The quantitative estimate of drug-likeness (QED) is 0.850. The third-order valence-electron chi connectivity index (χ3n) is 4.04. The van der Waals surface area contributed by atoms with Crippen LogP contribution >= 0.6 is 11.3 Å². The van der Waals surface area contributed by atoms with Crippen LogP contribution in [0.25, 0.3) is 0 Å². The predicted octanol–water partition coefficient (Wildman–Crippen LogP) is 3.01. The van der Waals surface area contributed by atoms with E-state index in [0.29, 0.717) is 15.9 Å². The molecular formula is C15H21N3O2S. The third kappa shape index (κ3) is 3.13. The number of nitriles is 1. The second-order valence-corrected chi connectivity index (χ2v) is 7.13. The molecule has 114 valence electrons. The zero-order valence-electron chi connectivity index (χ0n) is 12.7. The Hall–Kier alpha value is -1.74. The molecule has 1 aliphatic rings. The highest BCUT2D eigenvalue weighted by Crippen LogP contribution is 2.40. The molecule has 1 aromatic rings. The van der Waals surface area contributed by atoms with Gasteiger partial charge in [-0.05, 0) is 24.7 Å². The van der Waals surface area contributed by atoms with Crippen LogP contribution in [0.3, 0.4) is 0 Å². The maximum Gasteiger partial charge on any atom is 0.343 e. The fourth-order valence-corrected chi connectivity index (χ4v) is 3.72. The first kappa shape index (κ1) is 15.6. The number of ether oxygens (including phenoxy) is 1. The average Bonchev–Trinajstić information content (AvgIpc) is 2.66. The van der Waals surface area contributed by atoms with Crippen LogP contribution in [-0.4, -0.2) is 26.2 Å². The molecule has 1 aliphatic heterocycles. The molecule has 0 unspecified atom stereocenters. The van der Waals surface area contributed by atoms with Crippen molar-refractivity contribution >= 4 is 28.0 Å². The first-order valence-corrected chi connectivity index (χ1v) is 7.87. The summed E-state index contributed by atoms with van der Waals surface area (Å²) in [4.78, 5) is 14.6. The van der Waals surface area contributed by atoms with Crippen molar-refractivity contribution in [2.75, 3.05) is 30.8 Å². The summed E-state index contributed by atoms with van der Waals surface area (Å²) in [5.41, 5.74) is 6.85. The number of carbonyl (C=O) groups excluding carboxylic acids is 1. The van der Waals surface area contributed by atoms with Gasteiger partial charge in [-0.2, -0.15) is 5.26 Å². The Bertz CT molecular complexity index is 586. The maximum atomic E-state index is 12.0. The van der Waals surface area contributed by atoms with Crippen molar-refractivity contribution in [2.45, 2.75) is 33.1 Å². The smallest absolute Gasteiger partial charge is 0.343 e. The molecule has 1 aromatic heterocycles. The van der Waals surface area contributed by atoms with Crippen molar-refractivity contribution in [3.8, 4) is 6.07 Å². The van der Waals surface area contributed by atoms with E-state index in [1.807, 2.05) is 0 Å². The fraction of sp³-hybridized carbons (Fsp3) is 0.600. The number of hydrogen-bond acceptors (Lipinski definition) is 6. The van der Waals surface area contributed by atoms with Crippen molar-refractivity contribution in [1.29, 1.82) is 5.26 Å². The van der Waals surface area contributed by atoms with Gasteiger partial charge in [0.2, 0.25) is 0 Å². The van der Waals surface area contributed by atoms with Crippen LogP contribution in [0.1, 0.15) is 48.3 Å². The standard InChI is InChI=1S/C15H21N3O2S/c1-15(2)5-4-7-18(8-6-15)13-11(14(19)20-3)12(17)10(9-16)21-13/h4-8,17H2,1-3H3. The van der Waals surface area contributed by atoms with Gasteiger partial charge in [-0.25, -0.2) is 4.79 Å². The van der Waals surface area contributed by atoms with E-state index in [0.717, 1.165) is 37.4 Å². The molecule has 2 N–H and O–H groups in total. The Morgan fingerprint density at radius 3 is 2.76 bits per heavy atom. The van der Waals surface area contributed by atoms with Crippen LogP contribution in [0.2, 0.25) is 0 Å². The molecule has 1 saturated heterocycles. The number of thiophene rings is 1. The minimum absolute atomic E-state index is 0.243. The van der Waals surface area contributed by atoms with Gasteiger partial charge >= 0.3 is 5.97 Å². The Morgan fingerprint density at radius 1 is 1.43 bits per heavy atom. The molecule has 0 aliphatic carbocycles. The lowest BCUT2D eigenvalue weighted by Crippen LogP contribution is -2.26. The molecule has 0 atom stereocenters. The normalized spacial score (nSPS) is 17.9. The number of rotatable bonds is 2. The zero-order valence-corrected chi connectivity index (χ0v) is 13.5. The second-order valence-electron chi connectivity index (χ2n) is 6.13. The monoisotopic (exact) mass is 307 g/mol.